The summed E-state index contributed by atoms with van der Waals surface area (Å²) < 4.78 is 35.8. The Hall–Kier alpha value is -6.62. The van der Waals surface area contributed by atoms with E-state index in [0.29, 0.717) is 60.1 Å². The number of methoxy groups -OCH3 is 4. The Morgan fingerprint density at radius 2 is 0.833 bits per heavy atom. The minimum Gasteiger partial charge on any atom is -0.493 e. The maximum Gasteiger partial charge on any atom is 0.419 e. The lowest BCUT2D eigenvalue weighted by Crippen LogP contribution is -2.55. The molecule has 2 heterocycles. The molecule has 0 bridgehead atoms. The molecule has 60 heavy (non-hydrogen) atoms. The van der Waals surface area contributed by atoms with E-state index in [1.165, 1.54) is 0 Å². The minimum atomic E-state index is -1.48. The molecule has 6 aromatic carbocycles. The van der Waals surface area contributed by atoms with Crippen LogP contribution in [0.25, 0.3) is 22.3 Å². The van der Waals surface area contributed by atoms with E-state index in [0.717, 1.165) is 44.5 Å². The lowest BCUT2D eigenvalue weighted by atomic mass is 9.85. The van der Waals surface area contributed by atoms with E-state index < -0.39 is 23.4 Å². The van der Waals surface area contributed by atoms with Crippen molar-refractivity contribution < 1.29 is 38.0 Å². The molecule has 0 radical (unpaired) electrons. The highest BCUT2D eigenvalue weighted by atomic mass is 16.6. The molecule has 0 amide bonds. The van der Waals surface area contributed by atoms with Crippen molar-refractivity contribution in [2.24, 2.45) is 0 Å². The standard InChI is InChI=1S/C50H48N2O8/c1-55-43-27-39-21-23-51-49(41(39)29-45(43)57-3,31-33-13-11-19-37(25-33)35-15-7-5-8-16-35)59-47(53)48(54)60-50(32-34-14-12-20-38(26-34)36-17-9-6-10-18-36)42-30-46(58-4)44(56-2)28-40(42)22-24-52-50/h5-20,25-30,51-52H,21-24,31-32H2,1-4H3. The van der Waals surface area contributed by atoms with Crippen LogP contribution in [0, 0.1) is 0 Å². The third-order valence-corrected chi connectivity index (χ3v) is 11.4. The van der Waals surface area contributed by atoms with E-state index >= 15 is 0 Å². The number of rotatable bonds is 12. The van der Waals surface area contributed by atoms with Crippen LogP contribution >= 0.6 is 0 Å². The van der Waals surface area contributed by atoms with Crippen molar-refractivity contribution >= 4 is 11.9 Å². The lowest BCUT2D eigenvalue weighted by molar-refractivity contribution is -0.193. The molecular formula is C50H48N2O8. The van der Waals surface area contributed by atoms with Gasteiger partial charge in [-0.25, -0.2) is 9.59 Å². The first-order chi connectivity index (χ1) is 29.3. The van der Waals surface area contributed by atoms with Crippen LogP contribution in [0.2, 0.25) is 0 Å². The van der Waals surface area contributed by atoms with Gasteiger partial charge in [-0.3, -0.25) is 10.6 Å². The average molecular weight is 805 g/mol. The van der Waals surface area contributed by atoms with Gasteiger partial charge in [0, 0.05) is 37.1 Å². The van der Waals surface area contributed by atoms with Gasteiger partial charge in [-0.05, 0) is 81.6 Å². The fourth-order valence-electron chi connectivity index (χ4n) is 8.52. The van der Waals surface area contributed by atoms with Gasteiger partial charge in [0.25, 0.3) is 0 Å². The Morgan fingerprint density at radius 3 is 1.22 bits per heavy atom. The predicted molar refractivity (Wildman–Crippen MR) is 229 cm³/mol. The maximum absolute atomic E-state index is 14.6. The van der Waals surface area contributed by atoms with E-state index in [-0.39, 0.29) is 12.8 Å². The van der Waals surface area contributed by atoms with Gasteiger partial charge in [0.15, 0.2) is 34.4 Å². The summed E-state index contributed by atoms with van der Waals surface area (Å²) in [4.78, 5) is 29.1. The van der Waals surface area contributed by atoms with Gasteiger partial charge in [-0.1, -0.05) is 109 Å². The highest BCUT2D eigenvalue weighted by Gasteiger charge is 2.47. The van der Waals surface area contributed by atoms with Crippen molar-refractivity contribution in [1.29, 1.82) is 0 Å². The van der Waals surface area contributed by atoms with E-state index in [1.807, 2.05) is 121 Å². The van der Waals surface area contributed by atoms with Gasteiger partial charge in [0.05, 0.1) is 28.4 Å². The summed E-state index contributed by atoms with van der Waals surface area (Å²) in [6.07, 6.45) is 1.65. The fourth-order valence-corrected chi connectivity index (χ4v) is 8.52. The first-order valence-electron chi connectivity index (χ1n) is 20.0. The summed E-state index contributed by atoms with van der Waals surface area (Å²) in [5, 5.41) is 6.99. The van der Waals surface area contributed by atoms with Crippen molar-refractivity contribution in [3.8, 4) is 45.3 Å². The second kappa shape index (κ2) is 17.3. The van der Waals surface area contributed by atoms with E-state index in [2.05, 4.69) is 22.8 Å². The Morgan fingerprint density at radius 1 is 0.467 bits per heavy atom. The molecule has 0 aromatic heterocycles. The third-order valence-electron chi connectivity index (χ3n) is 11.4. The molecular weight excluding hydrogens is 757 g/mol. The second-order valence-corrected chi connectivity index (χ2v) is 15.0. The van der Waals surface area contributed by atoms with Crippen molar-refractivity contribution in [1.82, 2.24) is 10.6 Å². The summed E-state index contributed by atoms with van der Waals surface area (Å²) in [5.41, 5.74) is 6.00. The van der Waals surface area contributed by atoms with Crippen molar-refractivity contribution in [3.63, 3.8) is 0 Å². The average Bonchev–Trinajstić information content (AvgIpc) is 3.29. The highest BCUT2D eigenvalue weighted by Crippen LogP contribution is 2.43. The molecule has 2 atom stereocenters. The summed E-state index contributed by atoms with van der Waals surface area (Å²) >= 11 is 0. The molecule has 2 aliphatic rings. The Labute approximate surface area is 350 Å². The molecule has 2 aliphatic heterocycles. The molecule has 2 unspecified atom stereocenters. The molecule has 0 saturated heterocycles. The van der Waals surface area contributed by atoms with Gasteiger partial charge >= 0.3 is 11.9 Å². The van der Waals surface area contributed by atoms with E-state index in [9.17, 15) is 9.59 Å². The lowest BCUT2D eigenvalue weighted by Gasteiger charge is -2.41. The number of hydrogen-bond donors (Lipinski definition) is 2. The summed E-state index contributed by atoms with van der Waals surface area (Å²) in [6.45, 7) is 0.920. The van der Waals surface area contributed by atoms with Gasteiger partial charge in [0.1, 0.15) is 0 Å². The highest BCUT2D eigenvalue weighted by molar-refractivity contribution is 6.30. The molecule has 0 fully saturated rings. The number of esters is 2. The zero-order valence-electron chi connectivity index (χ0n) is 34.2. The number of benzene rings is 6. The van der Waals surface area contributed by atoms with E-state index in [4.69, 9.17) is 28.4 Å². The number of ether oxygens (including phenoxy) is 6. The molecule has 10 nitrogen and oxygen atoms in total. The van der Waals surface area contributed by atoms with Crippen molar-refractivity contribution in [3.05, 3.63) is 167 Å². The summed E-state index contributed by atoms with van der Waals surface area (Å²) in [6, 6.07) is 43.7. The Kier molecular flexibility index (Phi) is 11.6. The largest absolute Gasteiger partial charge is 0.493 e. The van der Waals surface area contributed by atoms with Gasteiger partial charge in [-0.15, -0.1) is 0 Å². The number of carbonyl (C=O) groups is 2. The van der Waals surface area contributed by atoms with Crippen LogP contribution < -0.4 is 29.6 Å². The molecule has 0 spiro atoms. The second-order valence-electron chi connectivity index (χ2n) is 15.0. The SMILES string of the molecule is COc1cc2c(cc1OC)C(Cc1cccc(-c3ccccc3)c1)(OC(=O)C(=O)OC1(Cc3cccc(-c4ccccc4)c3)NCCc3cc(OC)c(OC)cc31)NCC2. The van der Waals surface area contributed by atoms with Gasteiger partial charge in [0.2, 0.25) is 0 Å². The van der Waals surface area contributed by atoms with Crippen LogP contribution in [0.4, 0.5) is 0 Å². The molecule has 8 rings (SSSR count). The van der Waals surface area contributed by atoms with Crippen LogP contribution in [-0.2, 0) is 56.2 Å². The van der Waals surface area contributed by atoms with Crippen LogP contribution in [0.3, 0.4) is 0 Å². The number of hydrogen-bond acceptors (Lipinski definition) is 10. The zero-order valence-corrected chi connectivity index (χ0v) is 34.2. The summed E-state index contributed by atoms with van der Waals surface area (Å²) in [7, 11) is 6.29. The molecule has 10 heteroatoms. The van der Waals surface area contributed by atoms with Gasteiger partial charge in [-0.2, -0.15) is 0 Å². The molecule has 0 saturated carbocycles. The fraction of sp³-hybridized carbons (Fsp3) is 0.240. The Balaban J connectivity index is 1.18. The topological polar surface area (TPSA) is 114 Å². The first-order valence-corrected chi connectivity index (χ1v) is 20.0. The smallest absolute Gasteiger partial charge is 0.419 e. The third kappa shape index (κ3) is 8.04. The van der Waals surface area contributed by atoms with Crippen LogP contribution in [0.5, 0.6) is 23.0 Å². The maximum atomic E-state index is 14.6. The van der Waals surface area contributed by atoms with Gasteiger partial charge < -0.3 is 28.4 Å². The molecule has 2 N–H and O–H groups in total. The Bertz CT molecular complexity index is 2330. The molecule has 6 aromatic rings. The quantitative estimate of drug-likeness (QED) is 0.0935. The number of nitrogens with one attached hydrogen (secondary N) is 2. The van der Waals surface area contributed by atoms with Crippen LogP contribution in [-0.4, -0.2) is 53.5 Å². The first kappa shape index (κ1) is 40.2. The monoisotopic (exact) mass is 804 g/mol. The van der Waals surface area contributed by atoms with E-state index in [1.54, 1.807) is 28.4 Å². The minimum absolute atomic E-state index is 0.199. The zero-order chi connectivity index (χ0) is 41.7. The van der Waals surface area contributed by atoms with Crippen LogP contribution in [0.15, 0.2) is 133 Å². The predicted octanol–water partition coefficient (Wildman–Crippen LogP) is 7.92. The molecule has 0 aliphatic carbocycles. The normalized spacial score (nSPS) is 18.0. The summed E-state index contributed by atoms with van der Waals surface area (Å²) in [5.74, 6) is -0.282. The van der Waals surface area contributed by atoms with Crippen molar-refractivity contribution in [2.45, 2.75) is 37.1 Å². The number of fused-ring (bicyclic) bond motifs is 2. The van der Waals surface area contributed by atoms with Crippen molar-refractivity contribution in [2.75, 3.05) is 41.5 Å². The number of carbonyl (C=O) groups excluding carboxylic acids is 2. The van der Waals surface area contributed by atoms with Crippen LogP contribution in [0.1, 0.15) is 33.4 Å². The molecule has 306 valence electrons.